The molecule has 2 aromatic rings. The minimum Gasteiger partial charge on any atom is -0.435 e. The lowest BCUT2D eigenvalue weighted by atomic mass is 9.83. The SMILES string of the molecule is CCOC(=O)OCC#CCC(CC#CCOC(=O)OCC)(COCc1ccccc1)COCc1ccccc1. The van der Waals surface area contributed by atoms with Gasteiger partial charge in [0, 0.05) is 18.3 Å². The van der Waals surface area contributed by atoms with Crippen molar-refractivity contribution in [3.63, 3.8) is 0 Å². The van der Waals surface area contributed by atoms with Gasteiger partial charge >= 0.3 is 12.3 Å². The summed E-state index contributed by atoms with van der Waals surface area (Å²) >= 11 is 0. The predicted molar refractivity (Wildman–Crippen MR) is 145 cm³/mol. The molecule has 0 saturated carbocycles. The lowest BCUT2D eigenvalue weighted by molar-refractivity contribution is -0.0284. The molecular formula is C31H36O8. The van der Waals surface area contributed by atoms with Crippen LogP contribution in [-0.2, 0) is 41.6 Å². The molecule has 0 aliphatic heterocycles. The van der Waals surface area contributed by atoms with Crippen molar-refractivity contribution in [3.8, 4) is 23.7 Å². The Hall–Kier alpha value is -3.98. The van der Waals surface area contributed by atoms with Gasteiger partial charge in [0.25, 0.3) is 0 Å². The Kier molecular flexibility index (Phi) is 15.3. The molecule has 0 atom stereocenters. The maximum atomic E-state index is 11.4. The molecule has 0 unspecified atom stereocenters. The Bertz CT molecular complexity index is 1000. The molecule has 8 heteroatoms. The molecule has 208 valence electrons. The topological polar surface area (TPSA) is 89.5 Å². The Morgan fingerprint density at radius 3 is 1.41 bits per heavy atom. The highest BCUT2D eigenvalue weighted by Gasteiger charge is 2.30. The van der Waals surface area contributed by atoms with E-state index in [1.807, 2.05) is 60.7 Å². The molecule has 0 N–H and O–H groups in total. The third-order valence-electron chi connectivity index (χ3n) is 5.27. The van der Waals surface area contributed by atoms with Gasteiger partial charge < -0.3 is 28.4 Å². The molecule has 0 aliphatic carbocycles. The minimum absolute atomic E-state index is 0.0935. The van der Waals surface area contributed by atoms with Crippen molar-refractivity contribution in [3.05, 3.63) is 71.8 Å². The molecule has 2 rings (SSSR count). The molecule has 0 heterocycles. The summed E-state index contributed by atoms with van der Waals surface area (Å²) < 4.78 is 31.6. The molecular weight excluding hydrogens is 500 g/mol. The summed E-state index contributed by atoms with van der Waals surface area (Å²) in [6, 6.07) is 19.7. The van der Waals surface area contributed by atoms with Gasteiger partial charge in [0.05, 0.1) is 39.6 Å². The zero-order chi connectivity index (χ0) is 28.0. The fourth-order valence-corrected chi connectivity index (χ4v) is 3.34. The minimum atomic E-state index is -0.761. The number of rotatable bonds is 14. The van der Waals surface area contributed by atoms with E-state index in [0.717, 1.165) is 11.1 Å². The van der Waals surface area contributed by atoms with Crippen molar-refractivity contribution >= 4 is 12.3 Å². The highest BCUT2D eigenvalue weighted by atomic mass is 16.7. The van der Waals surface area contributed by atoms with Crippen LogP contribution >= 0.6 is 0 Å². The standard InChI is InChI=1S/C31H36O8/c1-3-36-29(32)38-21-13-11-19-31(20-12-14-22-39-30(33)37-4-2,25-34-23-27-15-7-5-8-16-27)26-35-24-28-17-9-6-10-18-28/h5-10,15-18H,3-4,19-26H2,1-2H3. The first-order valence-corrected chi connectivity index (χ1v) is 12.8. The highest BCUT2D eigenvalue weighted by molar-refractivity contribution is 5.60. The number of carbonyl (C=O) groups is 2. The zero-order valence-electron chi connectivity index (χ0n) is 22.6. The second-order valence-electron chi connectivity index (χ2n) is 8.46. The number of ether oxygens (including phenoxy) is 6. The van der Waals surface area contributed by atoms with Gasteiger partial charge in [-0.1, -0.05) is 84.3 Å². The van der Waals surface area contributed by atoms with Crippen molar-refractivity contribution < 1.29 is 38.0 Å². The third-order valence-corrected chi connectivity index (χ3v) is 5.27. The van der Waals surface area contributed by atoms with Crippen molar-refractivity contribution in [2.24, 2.45) is 5.41 Å². The normalized spacial score (nSPS) is 10.3. The van der Waals surface area contributed by atoms with E-state index < -0.39 is 17.7 Å². The van der Waals surface area contributed by atoms with Crippen LogP contribution in [0.15, 0.2) is 60.7 Å². The number of hydrogen-bond donors (Lipinski definition) is 0. The van der Waals surface area contributed by atoms with Crippen LogP contribution < -0.4 is 0 Å². The largest absolute Gasteiger partial charge is 0.509 e. The van der Waals surface area contributed by atoms with Crippen LogP contribution in [0.1, 0.15) is 37.8 Å². The first-order chi connectivity index (χ1) is 19.1. The number of hydrogen-bond acceptors (Lipinski definition) is 8. The van der Waals surface area contributed by atoms with E-state index in [-0.39, 0.29) is 26.4 Å². The molecule has 2 aromatic carbocycles. The average Bonchev–Trinajstić information content (AvgIpc) is 2.94. The first kappa shape index (κ1) is 31.2. The molecule has 0 bridgehead atoms. The fourth-order valence-electron chi connectivity index (χ4n) is 3.34. The van der Waals surface area contributed by atoms with Crippen molar-refractivity contribution in [2.45, 2.75) is 39.9 Å². The second kappa shape index (κ2) is 19.1. The average molecular weight is 537 g/mol. The molecule has 0 amide bonds. The van der Waals surface area contributed by atoms with E-state index in [4.69, 9.17) is 28.4 Å². The van der Waals surface area contributed by atoms with Gasteiger partial charge in [-0.05, 0) is 25.0 Å². The Labute approximate surface area is 230 Å². The molecule has 0 spiro atoms. The van der Waals surface area contributed by atoms with Crippen LogP contribution in [0.25, 0.3) is 0 Å². The van der Waals surface area contributed by atoms with E-state index in [2.05, 4.69) is 23.7 Å². The van der Waals surface area contributed by atoms with Crippen molar-refractivity contribution in [1.82, 2.24) is 0 Å². The quantitative estimate of drug-likeness (QED) is 0.230. The van der Waals surface area contributed by atoms with Gasteiger partial charge in [-0.25, -0.2) is 9.59 Å². The van der Waals surface area contributed by atoms with Gasteiger partial charge in [-0.2, -0.15) is 0 Å². The Balaban J connectivity index is 2.13. The van der Waals surface area contributed by atoms with E-state index in [1.165, 1.54) is 0 Å². The van der Waals surface area contributed by atoms with Gasteiger partial charge in [0.2, 0.25) is 0 Å². The van der Waals surface area contributed by atoms with Gasteiger partial charge in [0.15, 0.2) is 13.2 Å². The maximum absolute atomic E-state index is 11.4. The summed E-state index contributed by atoms with van der Waals surface area (Å²) in [7, 11) is 0. The lowest BCUT2D eigenvalue weighted by Gasteiger charge is -2.30. The predicted octanol–water partition coefficient (Wildman–Crippen LogP) is 5.54. The van der Waals surface area contributed by atoms with Crippen LogP contribution in [0, 0.1) is 29.1 Å². The highest BCUT2D eigenvalue weighted by Crippen LogP contribution is 2.28. The van der Waals surface area contributed by atoms with Crippen molar-refractivity contribution in [2.75, 3.05) is 39.6 Å². The van der Waals surface area contributed by atoms with E-state index in [9.17, 15) is 9.59 Å². The zero-order valence-corrected chi connectivity index (χ0v) is 22.6. The van der Waals surface area contributed by atoms with Crippen LogP contribution in [0.2, 0.25) is 0 Å². The Morgan fingerprint density at radius 1 is 0.615 bits per heavy atom. The molecule has 0 fully saturated rings. The third kappa shape index (κ3) is 13.9. The summed E-state index contributed by atoms with van der Waals surface area (Å²) in [6.45, 7) is 5.13. The summed E-state index contributed by atoms with van der Waals surface area (Å²) in [4.78, 5) is 22.9. The smallest absolute Gasteiger partial charge is 0.435 e. The molecule has 0 saturated heterocycles. The van der Waals surface area contributed by atoms with Crippen LogP contribution in [0.4, 0.5) is 9.59 Å². The molecule has 0 aromatic heterocycles. The van der Waals surface area contributed by atoms with E-state index in [0.29, 0.717) is 39.3 Å². The van der Waals surface area contributed by atoms with Gasteiger partial charge in [-0.15, -0.1) is 0 Å². The lowest BCUT2D eigenvalue weighted by Crippen LogP contribution is -2.32. The second-order valence-corrected chi connectivity index (χ2v) is 8.46. The van der Waals surface area contributed by atoms with E-state index in [1.54, 1.807) is 13.8 Å². The monoisotopic (exact) mass is 536 g/mol. The summed E-state index contributed by atoms with van der Waals surface area (Å²) in [5, 5.41) is 0. The first-order valence-electron chi connectivity index (χ1n) is 12.8. The maximum Gasteiger partial charge on any atom is 0.509 e. The summed E-state index contributed by atoms with van der Waals surface area (Å²) in [5.41, 5.74) is 1.48. The van der Waals surface area contributed by atoms with Crippen LogP contribution in [0.3, 0.4) is 0 Å². The Morgan fingerprint density at radius 2 is 1.03 bits per heavy atom. The number of carbonyl (C=O) groups excluding carboxylic acids is 2. The summed E-state index contributed by atoms with van der Waals surface area (Å²) in [6.07, 6.45) is -0.780. The molecule has 0 radical (unpaired) electrons. The molecule has 8 nitrogen and oxygen atoms in total. The van der Waals surface area contributed by atoms with Gasteiger partial charge in [0.1, 0.15) is 0 Å². The van der Waals surface area contributed by atoms with Gasteiger partial charge in [-0.3, -0.25) is 0 Å². The molecule has 0 aliphatic rings. The number of benzene rings is 2. The van der Waals surface area contributed by atoms with Crippen LogP contribution in [-0.4, -0.2) is 52.0 Å². The van der Waals surface area contributed by atoms with Crippen LogP contribution in [0.5, 0.6) is 0 Å². The van der Waals surface area contributed by atoms with E-state index >= 15 is 0 Å². The summed E-state index contributed by atoms with van der Waals surface area (Å²) in [5.74, 6) is 11.9. The fraction of sp³-hybridized carbons (Fsp3) is 0.419. The molecule has 39 heavy (non-hydrogen) atoms. The van der Waals surface area contributed by atoms with Crippen molar-refractivity contribution in [1.29, 1.82) is 0 Å².